The predicted octanol–water partition coefficient (Wildman–Crippen LogP) is -0.590. The Morgan fingerprint density at radius 1 is 0.714 bits per heavy atom. The van der Waals surface area contributed by atoms with Crippen molar-refractivity contribution in [1.82, 2.24) is 34.9 Å². The molecule has 0 fully saturated rings. The molecule has 6 N–H and O–H groups in total. The Kier molecular flexibility index (Phi) is 4.65. The van der Waals surface area contributed by atoms with Crippen LogP contribution in [0.25, 0.3) is 0 Å². The summed E-state index contributed by atoms with van der Waals surface area (Å²) in [6.07, 6.45) is 0. The van der Waals surface area contributed by atoms with Crippen LogP contribution in [-0.4, -0.2) is 34.9 Å². The van der Waals surface area contributed by atoms with Gasteiger partial charge >= 0.3 is 11.4 Å². The summed E-state index contributed by atoms with van der Waals surface area (Å²) in [6.45, 7) is 5.63. The highest BCUT2D eigenvalue weighted by Gasteiger charge is 2.20. The van der Waals surface area contributed by atoms with Crippen molar-refractivity contribution < 1.29 is 0 Å². The lowest BCUT2D eigenvalue weighted by Gasteiger charge is -2.18. The number of aromatic nitrogens is 7. The average molecular weight is 387 g/mol. The highest BCUT2D eigenvalue weighted by molar-refractivity contribution is 5.52. The molecule has 146 valence electrons. The van der Waals surface area contributed by atoms with Crippen molar-refractivity contribution in [3.63, 3.8) is 0 Å². The van der Waals surface area contributed by atoms with E-state index in [1.807, 2.05) is 30.7 Å². The maximum atomic E-state index is 11.5. The van der Waals surface area contributed by atoms with Crippen LogP contribution in [0, 0.1) is 0 Å². The normalized spacial score (nSPS) is 11.2. The largest absolute Gasteiger partial charge is 0.327 e. The summed E-state index contributed by atoms with van der Waals surface area (Å²) in [5.74, 6) is 0.615. The summed E-state index contributed by atoms with van der Waals surface area (Å²) >= 11 is 0. The minimum absolute atomic E-state index is 0.0378. The number of nitrogens with zero attached hydrogens (tertiary/aromatic N) is 3. The van der Waals surface area contributed by atoms with Crippen LogP contribution in [-0.2, 0) is 5.41 Å². The first kappa shape index (κ1) is 18.8. The molecule has 3 aromatic rings. The number of hydrogen-bond acceptors (Lipinski definition) is 9. The highest BCUT2D eigenvalue weighted by atomic mass is 16.2. The molecule has 28 heavy (non-hydrogen) atoms. The first-order valence-corrected chi connectivity index (χ1v) is 8.06. The van der Waals surface area contributed by atoms with Gasteiger partial charge in [0, 0.05) is 17.5 Å². The van der Waals surface area contributed by atoms with Crippen molar-refractivity contribution in [3.05, 3.63) is 59.6 Å². The van der Waals surface area contributed by atoms with Gasteiger partial charge in [0.15, 0.2) is 0 Å². The van der Waals surface area contributed by atoms with Gasteiger partial charge in [0.05, 0.1) is 0 Å². The Bertz CT molecular complexity index is 1100. The van der Waals surface area contributed by atoms with Gasteiger partial charge in [0.1, 0.15) is 17.5 Å². The standard InChI is InChI=1S/C15H17N9O4/c1-15(2,3)10-22-11(16-6-4-8(25)20-13(27)18-6)24-12(23-10)17-7-5-9(26)21-14(28)19-7/h4-5H,1-3H3,(H6,16,17,18,19,20,21,22,23,24,25,26,27,28). The van der Waals surface area contributed by atoms with Gasteiger partial charge in [0.2, 0.25) is 11.9 Å². The second-order valence-electron chi connectivity index (χ2n) is 6.81. The second-order valence-corrected chi connectivity index (χ2v) is 6.81. The molecule has 3 heterocycles. The Labute approximate surface area is 155 Å². The monoisotopic (exact) mass is 387 g/mol. The lowest BCUT2D eigenvalue weighted by molar-refractivity contribution is 0.544. The van der Waals surface area contributed by atoms with Gasteiger partial charge in [-0.25, -0.2) is 9.59 Å². The second kappa shape index (κ2) is 6.94. The number of rotatable bonds is 4. The van der Waals surface area contributed by atoms with Crippen molar-refractivity contribution in [2.24, 2.45) is 0 Å². The molecule has 0 bridgehead atoms. The maximum absolute atomic E-state index is 11.5. The summed E-state index contributed by atoms with van der Waals surface area (Å²) < 4.78 is 0. The third-order valence-electron chi connectivity index (χ3n) is 3.32. The summed E-state index contributed by atoms with van der Waals surface area (Å²) in [6, 6.07) is 2.26. The van der Waals surface area contributed by atoms with E-state index in [9.17, 15) is 19.2 Å². The molecular formula is C15H17N9O4. The molecule has 13 nitrogen and oxygen atoms in total. The van der Waals surface area contributed by atoms with E-state index in [4.69, 9.17) is 0 Å². The number of aromatic amines is 4. The number of H-pyrrole nitrogens is 4. The van der Waals surface area contributed by atoms with Crippen LogP contribution in [0.15, 0.2) is 31.3 Å². The smallest absolute Gasteiger partial charge is 0.310 e. The molecule has 0 atom stereocenters. The van der Waals surface area contributed by atoms with Gasteiger partial charge in [-0.15, -0.1) is 0 Å². The molecule has 0 aliphatic rings. The zero-order valence-corrected chi connectivity index (χ0v) is 15.1. The summed E-state index contributed by atoms with van der Waals surface area (Å²) in [7, 11) is 0. The first-order chi connectivity index (χ1) is 13.1. The lowest BCUT2D eigenvalue weighted by Crippen LogP contribution is -2.24. The maximum Gasteiger partial charge on any atom is 0.327 e. The Morgan fingerprint density at radius 3 is 1.50 bits per heavy atom. The molecule has 3 rings (SSSR count). The molecule has 0 aliphatic carbocycles. The van der Waals surface area contributed by atoms with E-state index < -0.39 is 27.9 Å². The molecule has 0 saturated carbocycles. The molecular weight excluding hydrogens is 370 g/mol. The Morgan fingerprint density at radius 2 is 1.14 bits per heavy atom. The van der Waals surface area contributed by atoms with Crippen LogP contribution < -0.4 is 33.1 Å². The zero-order valence-electron chi connectivity index (χ0n) is 15.1. The third-order valence-corrected chi connectivity index (χ3v) is 3.32. The fraction of sp³-hybridized carbons (Fsp3) is 0.267. The zero-order chi connectivity index (χ0) is 20.5. The molecule has 0 radical (unpaired) electrons. The molecule has 13 heteroatoms. The van der Waals surface area contributed by atoms with Gasteiger partial charge in [0.25, 0.3) is 11.1 Å². The van der Waals surface area contributed by atoms with Crippen LogP contribution in [0.3, 0.4) is 0 Å². The highest BCUT2D eigenvalue weighted by Crippen LogP contribution is 2.22. The van der Waals surface area contributed by atoms with Crippen molar-refractivity contribution in [2.75, 3.05) is 10.6 Å². The van der Waals surface area contributed by atoms with E-state index in [-0.39, 0.29) is 23.5 Å². The summed E-state index contributed by atoms with van der Waals surface area (Å²) in [4.78, 5) is 67.4. The van der Waals surface area contributed by atoms with Gasteiger partial charge in [-0.2, -0.15) is 15.0 Å². The Hall–Kier alpha value is -4.03. The molecule has 0 saturated heterocycles. The molecule has 0 unspecified atom stereocenters. The quantitative estimate of drug-likeness (QED) is 0.339. The molecule has 3 aromatic heterocycles. The number of anilines is 4. The van der Waals surface area contributed by atoms with E-state index in [0.717, 1.165) is 12.1 Å². The van der Waals surface area contributed by atoms with E-state index in [1.165, 1.54) is 0 Å². The molecule has 0 aromatic carbocycles. The van der Waals surface area contributed by atoms with E-state index in [0.29, 0.717) is 5.82 Å². The predicted molar refractivity (Wildman–Crippen MR) is 100 cm³/mol. The topological polar surface area (TPSA) is 194 Å². The minimum atomic E-state index is -0.695. The van der Waals surface area contributed by atoms with Crippen LogP contribution >= 0.6 is 0 Å². The molecule has 0 spiro atoms. The molecule has 0 aliphatic heterocycles. The average Bonchev–Trinajstić information content (AvgIpc) is 2.51. The fourth-order valence-corrected chi connectivity index (χ4v) is 2.14. The van der Waals surface area contributed by atoms with Crippen molar-refractivity contribution in [2.45, 2.75) is 26.2 Å². The van der Waals surface area contributed by atoms with Crippen molar-refractivity contribution >= 4 is 23.5 Å². The SMILES string of the molecule is CC(C)(C)c1nc(Nc2cc(=O)[nH]c(=O)[nH]2)nc(Nc2cc(=O)[nH]c(=O)[nH]2)n1. The third kappa shape index (κ3) is 4.57. The van der Waals surface area contributed by atoms with Gasteiger partial charge in [-0.3, -0.25) is 29.5 Å². The summed E-state index contributed by atoms with van der Waals surface area (Å²) in [5, 5.41) is 5.46. The van der Waals surface area contributed by atoms with Gasteiger partial charge in [-0.1, -0.05) is 20.8 Å². The van der Waals surface area contributed by atoms with E-state index >= 15 is 0 Å². The summed E-state index contributed by atoms with van der Waals surface area (Å²) in [5.41, 5.74) is -3.07. The van der Waals surface area contributed by atoms with Crippen LogP contribution in [0.5, 0.6) is 0 Å². The van der Waals surface area contributed by atoms with Crippen molar-refractivity contribution in [3.8, 4) is 0 Å². The van der Waals surface area contributed by atoms with Crippen LogP contribution in [0.1, 0.15) is 26.6 Å². The first-order valence-electron chi connectivity index (χ1n) is 8.06. The lowest BCUT2D eigenvalue weighted by atomic mass is 9.96. The number of hydrogen-bond donors (Lipinski definition) is 6. The van der Waals surface area contributed by atoms with E-state index in [1.54, 1.807) is 0 Å². The molecule has 0 amide bonds. The Balaban J connectivity index is 2.03. The van der Waals surface area contributed by atoms with Gasteiger partial charge in [-0.05, 0) is 0 Å². The van der Waals surface area contributed by atoms with Crippen LogP contribution in [0.2, 0.25) is 0 Å². The van der Waals surface area contributed by atoms with Gasteiger partial charge < -0.3 is 10.6 Å². The van der Waals surface area contributed by atoms with Crippen LogP contribution in [0.4, 0.5) is 23.5 Å². The fourth-order valence-electron chi connectivity index (χ4n) is 2.14. The van der Waals surface area contributed by atoms with E-state index in [2.05, 4.69) is 35.6 Å². The van der Waals surface area contributed by atoms with Crippen molar-refractivity contribution in [1.29, 1.82) is 0 Å². The number of nitrogens with one attached hydrogen (secondary N) is 6. The minimum Gasteiger partial charge on any atom is -0.310 e.